The average molecular weight is 166 g/mol. The van der Waals surface area contributed by atoms with Crippen LogP contribution in [0.5, 0.6) is 0 Å². The number of hydrogen-bond donors (Lipinski definition) is 1. The number of ether oxygens (including phenoxy) is 1. The molecule has 1 unspecified atom stereocenters. The summed E-state index contributed by atoms with van der Waals surface area (Å²) in [6.07, 6.45) is 2.28. The average Bonchev–Trinajstić information content (AvgIpc) is 2.03. The lowest BCUT2D eigenvalue weighted by molar-refractivity contribution is -0.114. The van der Waals surface area contributed by atoms with Crippen molar-refractivity contribution in [1.82, 2.24) is 5.53 Å². The van der Waals surface area contributed by atoms with Gasteiger partial charge in [-0.05, 0) is 18.5 Å². The van der Waals surface area contributed by atoms with E-state index in [1.807, 2.05) is 0 Å². The summed E-state index contributed by atoms with van der Waals surface area (Å²) < 4.78 is 4.96. The first-order valence-electron chi connectivity index (χ1n) is 3.38. The molecule has 0 spiro atoms. The maximum absolute atomic E-state index is 10.8. The van der Waals surface area contributed by atoms with E-state index < -0.39 is 12.0 Å². The van der Waals surface area contributed by atoms with E-state index in [-0.39, 0.29) is 11.3 Å². The highest BCUT2D eigenvalue weighted by atomic mass is 16.5. The van der Waals surface area contributed by atoms with Gasteiger partial charge in [0.25, 0.3) is 5.91 Å². The fourth-order valence-corrected chi connectivity index (χ4v) is 0.938. The van der Waals surface area contributed by atoms with Crippen LogP contribution in [0.2, 0.25) is 0 Å². The monoisotopic (exact) mass is 166 g/mol. The number of amides is 1. The molecule has 0 saturated heterocycles. The second kappa shape index (κ2) is 3.17. The van der Waals surface area contributed by atoms with E-state index in [1.54, 1.807) is 6.92 Å². The molecule has 0 saturated carbocycles. The van der Waals surface area contributed by atoms with E-state index in [9.17, 15) is 4.79 Å². The van der Waals surface area contributed by atoms with Crippen LogP contribution in [0.3, 0.4) is 0 Å². The maximum Gasteiger partial charge on any atom is 0.250 e. The zero-order valence-corrected chi connectivity index (χ0v) is 6.52. The van der Waals surface area contributed by atoms with Crippen molar-refractivity contribution in [3.63, 3.8) is 0 Å². The SMILES string of the molecule is CC1OC=CC(C(N)=O)=C1N=[N]. The first-order valence-corrected chi connectivity index (χ1v) is 3.38. The van der Waals surface area contributed by atoms with Gasteiger partial charge in [-0.3, -0.25) is 4.79 Å². The Balaban J connectivity index is 3.11. The van der Waals surface area contributed by atoms with E-state index in [1.165, 1.54) is 12.3 Å². The molecule has 63 valence electrons. The third-order valence-electron chi connectivity index (χ3n) is 1.55. The van der Waals surface area contributed by atoms with Gasteiger partial charge in [-0.25, -0.2) is 0 Å². The Labute approximate surface area is 69.4 Å². The molecule has 0 aromatic carbocycles. The van der Waals surface area contributed by atoms with Gasteiger partial charge in [0.1, 0.15) is 11.8 Å². The molecule has 1 aliphatic rings. The number of nitrogens with two attached hydrogens (primary N) is 1. The first kappa shape index (κ1) is 8.45. The normalized spacial score (nSPS) is 21.9. The molecule has 5 heteroatoms. The van der Waals surface area contributed by atoms with E-state index in [0.29, 0.717) is 0 Å². The van der Waals surface area contributed by atoms with Gasteiger partial charge < -0.3 is 10.5 Å². The Kier molecular flexibility index (Phi) is 2.23. The van der Waals surface area contributed by atoms with Crippen LogP contribution in [0.4, 0.5) is 0 Å². The number of nitrogens with zero attached hydrogens (tertiary/aromatic N) is 2. The lowest BCUT2D eigenvalue weighted by Crippen LogP contribution is -2.21. The van der Waals surface area contributed by atoms with Crippen LogP contribution in [0.25, 0.3) is 0 Å². The Morgan fingerprint density at radius 1 is 1.83 bits per heavy atom. The number of carbonyl (C=O) groups is 1. The standard InChI is InChI=1S/C7H8N3O2/c1-4-6(10-9)5(7(8)11)2-3-12-4/h2-4H,1H3,(H2,8,11). The molecule has 1 radical (unpaired) electrons. The van der Waals surface area contributed by atoms with Crippen molar-refractivity contribution in [3.05, 3.63) is 23.6 Å². The second-order valence-corrected chi connectivity index (χ2v) is 2.34. The minimum atomic E-state index is -0.630. The summed E-state index contributed by atoms with van der Waals surface area (Å²) in [5, 5.41) is 2.93. The van der Waals surface area contributed by atoms with Crippen LogP contribution in [0.15, 0.2) is 28.7 Å². The molecule has 0 aromatic heterocycles. The van der Waals surface area contributed by atoms with Crippen molar-refractivity contribution in [3.8, 4) is 0 Å². The molecule has 1 aliphatic heterocycles. The maximum atomic E-state index is 10.8. The van der Waals surface area contributed by atoms with Gasteiger partial charge in [-0.15, -0.1) is 5.11 Å². The quantitative estimate of drug-likeness (QED) is 0.581. The highest BCUT2D eigenvalue weighted by Gasteiger charge is 2.20. The molecule has 0 bridgehead atoms. The van der Waals surface area contributed by atoms with Crippen LogP contribution < -0.4 is 11.3 Å². The molecule has 1 heterocycles. The van der Waals surface area contributed by atoms with Gasteiger partial charge in [0, 0.05) is 0 Å². The molecule has 1 atom stereocenters. The van der Waals surface area contributed by atoms with Gasteiger partial charge in [0.15, 0.2) is 0 Å². The summed E-state index contributed by atoms with van der Waals surface area (Å²) in [5.74, 6) is -0.630. The topological polar surface area (TPSA) is 87.0 Å². The molecule has 5 nitrogen and oxygen atoms in total. The van der Waals surface area contributed by atoms with Crippen molar-refractivity contribution in [1.29, 1.82) is 0 Å². The Bertz CT molecular complexity index is 280. The largest absolute Gasteiger partial charge is 0.492 e. The summed E-state index contributed by atoms with van der Waals surface area (Å²) in [5.41, 5.74) is 13.9. The summed E-state index contributed by atoms with van der Waals surface area (Å²) >= 11 is 0. The number of rotatable bonds is 2. The Hall–Kier alpha value is -1.65. The smallest absolute Gasteiger partial charge is 0.250 e. The highest BCUT2D eigenvalue weighted by Crippen LogP contribution is 2.18. The Morgan fingerprint density at radius 3 is 2.92 bits per heavy atom. The molecule has 1 rings (SSSR count). The van der Waals surface area contributed by atoms with Crippen molar-refractivity contribution in [2.45, 2.75) is 13.0 Å². The molecule has 0 fully saturated rings. The number of hydrogen-bond acceptors (Lipinski definition) is 3. The van der Waals surface area contributed by atoms with E-state index in [4.69, 9.17) is 16.0 Å². The molecular weight excluding hydrogens is 158 g/mol. The van der Waals surface area contributed by atoms with Gasteiger partial charge in [0.05, 0.1) is 11.8 Å². The van der Waals surface area contributed by atoms with Crippen LogP contribution in [-0.4, -0.2) is 12.0 Å². The minimum Gasteiger partial charge on any atom is -0.492 e. The minimum absolute atomic E-state index is 0.157. The van der Waals surface area contributed by atoms with Gasteiger partial charge in [-0.1, -0.05) is 0 Å². The predicted molar refractivity (Wildman–Crippen MR) is 40.5 cm³/mol. The van der Waals surface area contributed by atoms with Crippen molar-refractivity contribution >= 4 is 5.91 Å². The fraction of sp³-hybridized carbons (Fsp3) is 0.286. The first-order chi connectivity index (χ1) is 5.66. The van der Waals surface area contributed by atoms with E-state index in [0.717, 1.165) is 0 Å². The highest BCUT2D eigenvalue weighted by molar-refractivity contribution is 5.95. The van der Waals surface area contributed by atoms with E-state index >= 15 is 0 Å². The zero-order valence-electron chi connectivity index (χ0n) is 6.52. The van der Waals surface area contributed by atoms with Gasteiger partial charge in [0.2, 0.25) is 0 Å². The van der Waals surface area contributed by atoms with Crippen molar-refractivity contribution in [2.75, 3.05) is 0 Å². The third kappa shape index (κ3) is 1.34. The molecule has 12 heavy (non-hydrogen) atoms. The summed E-state index contributed by atoms with van der Waals surface area (Å²) in [7, 11) is 0. The number of carbonyl (C=O) groups excluding carboxylic acids is 1. The van der Waals surface area contributed by atoms with Crippen LogP contribution in [0.1, 0.15) is 6.92 Å². The van der Waals surface area contributed by atoms with Crippen LogP contribution >= 0.6 is 0 Å². The molecule has 2 N–H and O–H groups in total. The fourth-order valence-electron chi connectivity index (χ4n) is 0.938. The summed E-state index contributed by atoms with van der Waals surface area (Å²) in [6, 6.07) is 0. The molecule has 0 aromatic rings. The molecule has 0 aliphatic carbocycles. The summed E-state index contributed by atoms with van der Waals surface area (Å²) in [4.78, 5) is 10.8. The van der Waals surface area contributed by atoms with Crippen LogP contribution in [-0.2, 0) is 9.53 Å². The molecular formula is C7H8N3O2. The van der Waals surface area contributed by atoms with Crippen LogP contribution in [0, 0.1) is 0 Å². The number of primary amides is 1. The van der Waals surface area contributed by atoms with Crippen molar-refractivity contribution < 1.29 is 9.53 Å². The van der Waals surface area contributed by atoms with Gasteiger partial charge >= 0.3 is 0 Å². The molecule has 1 amide bonds. The summed E-state index contributed by atoms with van der Waals surface area (Å²) in [6.45, 7) is 1.65. The van der Waals surface area contributed by atoms with Crippen molar-refractivity contribution in [2.24, 2.45) is 10.8 Å². The predicted octanol–water partition coefficient (Wildman–Crippen LogP) is -0.0895. The van der Waals surface area contributed by atoms with Gasteiger partial charge in [-0.2, -0.15) is 0 Å². The Morgan fingerprint density at radius 2 is 2.50 bits per heavy atom. The lowest BCUT2D eigenvalue weighted by atomic mass is 10.1. The lowest BCUT2D eigenvalue weighted by Gasteiger charge is -2.16. The van der Waals surface area contributed by atoms with E-state index in [2.05, 4.69) is 5.11 Å². The third-order valence-corrected chi connectivity index (χ3v) is 1.55. The second-order valence-electron chi connectivity index (χ2n) is 2.34. The zero-order chi connectivity index (χ0) is 9.14.